The van der Waals surface area contributed by atoms with E-state index in [9.17, 15) is 13.2 Å². The highest BCUT2D eigenvalue weighted by Gasteiger charge is 2.24. The van der Waals surface area contributed by atoms with Crippen LogP contribution in [0, 0.1) is 0 Å². The van der Waals surface area contributed by atoms with Crippen molar-refractivity contribution in [1.82, 2.24) is 10.2 Å². The third-order valence-corrected chi connectivity index (χ3v) is 4.81. The lowest BCUT2D eigenvalue weighted by molar-refractivity contribution is 0.176. The fourth-order valence-electron chi connectivity index (χ4n) is 2.68. The van der Waals surface area contributed by atoms with Gasteiger partial charge in [0.2, 0.25) is 0 Å². The number of rotatable bonds is 8. The summed E-state index contributed by atoms with van der Waals surface area (Å²) in [5.41, 5.74) is 0.916. The van der Waals surface area contributed by atoms with Crippen molar-refractivity contribution in [1.29, 1.82) is 0 Å². The van der Waals surface area contributed by atoms with Gasteiger partial charge in [-0.15, -0.1) is 0 Å². The molecule has 1 rings (SSSR count). The maximum atomic E-state index is 12.6. The molecule has 0 aliphatic carbocycles. The Hall–Kier alpha value is -1.76. The second kappa shape index (κ2) is 8.92. The van der Waals surface area contributed by atoms with Gasteiger partial charge in [0, 0.05) is 24.4 Å². The highest BCUT2D eigenvalue weighted by Crippen LogP contribution is 2.29. The summed E-state index contributed by atoms with van der Waals surface area (Å²) in [6, 6.07) is 6.67. The number of methoxy groups -OCH3 is 1. The third-order valence-electron chi connectivity index (χ3n) is 3.70. The molecule has 0 spiro atoms. The predicted molar refractivity (Wildman–Crippen MR) is 96.1 cm³/mol. The number of nitrogens with zero attached hydrogens (tertiary/aromatic N) is 1. The fourth-order valence-corrected chi connectivity index (χ4v) is 3.67. The molecule has 0 aliphatic rings. The third kappa shape index (κ3) is 6.03. The molecular formula is C17H28N2O4S. The van der Waals surface area contributed by atoms with E-state index in [1.165, 1.54) is 0 Å². The monoisotopic (exact) mass is 356 g/mol. The summed E-state index contributed by atoms with van der Waals surface area (Å²) in [5.74, 6) is 0.643. The van der Waals surface area contributed by atoms with E-state index in [1.807, 2.05) is 38.1 Å². The Morgan fingerprint density at radius 3 is 2.46 bits per heavy atom. The van der Waals surface area contributed by atoms with Gasteiger partial charge in [0.25, 0.3) is 0 Å². The molecule has 0 heterocycles. The Morgan fingerprint density at radius 2 is 1.92 bits per heavy atom. The highest BCUT2D eigenvalue weighted by atomic mass is 32.2. The Labute approximate surface area is 145 Å². The van der Waals surface area contributed by atoms with Crippen molar-refractivity contribution in [2.24, 2.45) is 0 Å². The Morgan fingerprint density at radius 1 is 1.29 bits per heavy atom. The van der Waals surface area contributed by atoms with Crippen molar-refractivity contribution in [3.63, 3.8) is 0 Å². The van der Waals surface area contributed by atoms with Crippen molar-refractivity contribution < 1.29 is 17.9 Å². The number of hydrogen-bond donors (Lipinski definition) is 1. The smallest absolute Gasteiger partial charge is 0.318 e. The average molecular weight is 356 g/mol. The molecule has 0 fully saturated rings. The SMILES string of the molecule is CCCN(C(=O)NC(C)CS(C)(=O)=O)C(C)c1ccccc1OC. The Kier molecular flexibility index (Phi) is 7.54. The van der Waals surface area contributed by atoms with Crippen LogP contribution in [0.15, 0.2) is 24.3 Å². The van der Waals surface area contributed by atoms with E-state index in [0.717, 1.165) is 24.0 Å². The summed E-state index contributed by atoms with van der Waals surface area (Å²) in [6.45, 7) is 6.19. The average Bonchev–Trinajstić information content (AvgIpc) is 2.49. The number of ether oxygens (including phenoxy) is 1. The fraction of sp³-hybridized carbons (Fsp3) is 0.588. The first-order chi connectivity index (χ1) is 11.2. The number of nitrogens with one attached hydrogen (secondary N) is 1. The minimum absolute atomic E-state index is 0.0816. The van der Waals surface area contributed by atoms with Crippen LogP contribution in [0.3, 0.4) is 0 Å². The van der Waals surface area contributed by atoms with Crippen molar-refractivity contribution in [2.75, 3.05) is 25.7 Å². The number of carbonyl (C=O) groups excluding carboxylic acids is 1. The van der Waals surface area contributed by atoms with Gasteiger partial charge in [-0.1, -0.05) is 25.1 Å². The minimum Gasteiger partial charge on any atom is -0.496 e. The Balaban J connectivity index is 2.94. The summed E-state index contributed by atoms with van der Waals surface area (Å²) in [5, 5.41) is 2.78. The van der Waals surface area contributed by atoms with Gasteiger partial charge in [-0.3, -0.25) is 0 Å². The molecule has 136 valence electrons. The molecule has 0 aromatic heterocycles. The molecule has 2 atom stereocenters. The molecule has 0 aliphatic heterocycles. The van der Waals surface area contributed by atoms with Gasteiger partial charge in [0.1, 0.15) is 15.6 Å². The van der Waals surface area contributed by atoms with Gasteiger partial charge in [0.15, 0.2) is 0 Å². The summed E-state index contributed by atoms with van der Waals surface area (Å²) in [4.78, 5) is 14.3. The predicted octanol–water partition coefficient (Wildman–Crippen LogP) is 2.61. The van der Waals surface area contributed by atoms with E-state index in [4.69, 9.17) is 4.74 Å². The van der Waals surface area contributed by atoms with Gasteiger partial charge in [-0.2, -0.15) is 0 Å². The maximum Gasteiger partial charge on any atom is 0.318 e. The van der Waals surface area contributed by atoms with Crippen molar-refractivity contribution >= 4 is 15.9 Å². The second-order valence-corrected chi connectivity index (χ2v) is 8.24. The molecule has 0 bridgehead atoms. The topological polar surface area (TPSA) is 75.7 Å². The molecule has 24 heavy (non-hydrogen) atoms. The lowest BCUT2D eigenvalue weighted by Gasteiger charge is -2.31. The van der Waals surface area contributed by atoms with E-state index in [0.29, 0.717) is 6.54 Å². The molecular weight excluding hydrogens is 328 g/mol. The number of urea groups is 1. The van der Waals surface area contributed by atoms with Gasteiger partial charge < -0.3 is 15.0 Å². The van der Waals surface area contributed by atoms with E-state index in [1.54, 1.807) is 18.9 Å². The second-order valence-electron chi connectivity index (χ2n) is 6.05. The van der Waals surface area contributed by atoms with Crippen LogP contribution in [0.2, 0.25) is 0 Å². The number of benzene rings is 1. The van der Waals surface area contributed by atoms with Crippen LogP contribution in [0.1, 0.15) is 38.8 Å². The first kappa shape index (κ1) is 20.3. The maximum absolute atomic E-state index is 12.6. The normalized spacial score (nSPS) is 13.9. The van der Waals surface area contributed by atoms with Crippen LogP contribution < -0.4 is 10.1 Å². The van der Waals surface area contributed by atoms with Crippen LogP contribution in [0.5, 0.6) is 5.75 Å². The van der Waals surface area contributed by atoms with Crippen LogP contribution in [0.4, 0.5) is 4.79 Å². The highest BCUT2D eigenvalue weighted by molar-refractivity contribution is 7.90. The molecule has 0 radical (unpaired) electrons. The lowest BCUT2D eigenvalue weighted by atomic mass is 10.1. The van der Waals surface area contributed by atoms with Crippen LogP contribution >= 0.6 is 0 Å². The van der Waals surface area contributed by atoms with Crippen LogP contribution in [-0.4, -0.2) is 51.1 Å². The van der Waals surface area contributed by atoms with E-state index < -0.39 is 15.9 Å². The van der Waals surface area contributed by atoms with Crippen molar-refractivity contribution in [3.8, 4) is 5.75 Å². The molecule has 0 saturated heterocycles. The molecule has 0 saturated carbocycles. The van der Waals surface area contributed by atoms with E-state index in [-0.39, 0.29) is 17.8 Å². The number of amides is 2. The van der Waals surface area contributed by atoms with E-state index >= 15 is 0 Å². The van der Waals surface area contributed by atoms with Crippen molar-refractivity contribution in [3.05, 3.63) is 29.8 Å². The summed E-state index contributed by atoms with van der Waals surface area (Å²) >= 11 is 0. The first-order valence-corrected chi connectivity index (χ1v) is 10.1. The van der Waals surface area contributed by atoms with Crippen LogP contribution in [0.25, 0.3) is 0 Å². The van der Waals surface area contributed by atoms with E-state index in [2.05, 4.69) is 5.32 Å². The molecule has 1 aromatic carbocycles. The molecule has 2 unspecified atom stereocenters. The van der Waals surface area contributed by atoms with Gasteiger partial charge in [-0.05, 0) is 26.3 Å². The summed E-state index contributed by atoms with van der Waals surface area (Å²) in [7, 11) is -1.54. The lowest BCUT2D eigenvalue weighted by Crippen LogP contribution is -2.47. The first-order valence-electron chi connectivity index (χ1n) is 8.07. The van der Waals surface area contributed by atoms with Crippen LogP contribution in [-0.2, 0) is 9.84 Å². The summed E-state index contributed by atoms with van der Waals surface area (Å²) < 4.78 is 28.1. The molecule has 6 nitrogen and oxygen atoms in total. The zero-order valence-corrected chi connectivity index (χ0v) is 15.9. The van der Waals surface area contributed by atoms with Gasteiger partial charge >= 0.3 is 6.03 Å². The van der Waals surface area contributed by atoms with Crippen molar-refractivity contribution in [2.45, 2.75) is 39.3 Å². The number of sulfone groups is 1. The number of para-hydroxylation sites is 1. The van der Waals surface area contributed by atoms with Gasteiger partial charge in [0.05, 0.1) is 18.9 Å². The quantitative estimate of drug-likeness (QED) is 0.777. The zero-order valence-electron chi connectivity index (χ0n) is 15.1. The molecule has 7 heteroatoms. The minimum atomic E-state index is -3.14. The molecule has 1 N–H and O–H groups in total. The standard InChI is InChI=1S/C17H28N2O4S/c1-6-11-19(17(20)18-13(2)12-24(5,21)22)14(3)15-9-7-8-10-16(15)23-4/h7-10,13-14H,6,11-12H2,1-5H3,(H,18,20). The Bertz CT molecular complexity index is 646. The van der Waals surface area contributed by atoms with Gasteiger partial charge in [-0.25, -0.2) is 13.2 Å². The number of hydrogen-bond acceptors (Lipinski definition) is 4. The summed E-state index contributed by atoms with van der Waals surface area (Å²) in [6.07, 6.45) is 1.96. The largest absolute Gasteiger partial charge is 0.496 e. The molecule has 2 amide bonds. The zero-order chi connectivity index (χ0) is 18.3. The number of carbonyl (C=O) groups is 1. The molecule has 1 aromatic rings.